The van der Waals surface area contributed by atoms with Crippen LogP contribution in [0, 0.1) is 0 Å². The molecule has 2 aliphatic heterocycles. The Balaban J connectivity index is 1.96. The molecule has 6 heteroatoms. The number of carbonyl (C=O) groups is 2. The van der Waals surface area contributed by atoms with Crippen molar-refractivity contribution in [3.05, 3.63) is 0 Å². The third kappa shape index (κ3) is 2.52. The standard InChI is InChI=1S/C12H21N3O3/c1-12(2,3)18-11(17)14-5-6-15-9(8-14)7-13(4)10(15)16/h9H,5-8H2,1-4H3. The first-order chi connectivity index (χ1) is 8.28. The lowest BCUT2D eigenvalue weighted by Crippen LogP contribution is -2.54. The van der Waals surface area contributed by atoms with E-state index in [-0.39, 0.29) is 18.2 Å². The minimum absolute atomic E-state index is 0.0591. The first-order valence-electron chi connectivity index (χ1n) is 6.27. The SMILES string of the molecule is CN1CC2CN(C(=O)OC(C)(C)C)CCN2C1=O. The zero-order valence-electron chi connectivity index (χ0n) is 11.5. The lowest BCUT2D eigenvalue weighted by atomic mass is 10.2. The Labute approximate surface area is 107 Å². The molecule has 0 spiro atoms. The predicted molar refractivity (Wildman–Crippen MR) is 66.3 cm³/mol. The van der Waals surface area contributed by atoms with Gasteiger partial charge in [0, 0.05) is 33.2 Å². The largest absolute Gasteiger partial charge is 0.444 e. The second-order valence-electron chi connectivity index (χ2n) is 5.94. The maximum Gasteiger partial charge on any atom is 0.410 e. The molecule has 2 saturated heterocycles. The molecule has 3 amide bonds. The van der Waals surface area contributed by atoms with E-state index in [2.05, 4.69) is 0 Å². The van der Waals surface area contributed by atoms with Crippen molar-refractivity contribution in [3.8, 4) is 0 Å². The molecule has 2 heterocycles. The number of piperazine rings is 1. The Morgan fingerprint density at radius 3 is 2.56 bits per heavy atom. The van der Waals surface area contributed by atoms with Crippen molar-refractivity contribution in [2.24, 2.45) is 0 Å². The zero-order valence-corrected chi connectivity index (χ0v) is 11.5. The maximum absolute atomic E-state index is 12.0. The number of hydrogen-bond acceptors (Lipinski definition) is 3. The van der Waals surface area contributed by atoms with Crippen LogP contribution in [0.2, 0.25) is 0 Å². The lowest BCUT2D eigenvalue weighted by Gasteiger charge is -2.37. The number of carbonyl (C=O) groups excluding carboxylic acids is 2. The first kappa shape index (κ1) is 13.0. The molecule has 1 atom stereocenters. The summed E-state index contributed by atoms with van der Waals surface area (Å²) in [7, 11) is 1.79. The topological polar surface area (TPSA) is 53.1 Å². The summed E-state index contributed by atoms with van der Waals surface area (Å²) in [6, 6.07) is 0.160. The van der Waals surface area contributed by atoms with Crippen LogP contribution in [0.1, 0.15) is 20.8 Å². The summed E-state index contributed by atoms with van der Waals surface area (Å²) >= 11 is 0. The van der Waals surface area contributed by atoms with Crippen molar-refractivity contribution in [1.29, 1.82) is 0 Å². The highest BCUT2D eigenvalue weighted by atomic mass is 16.6. The normalized spacial score (nSPS) is 24.3. The molecule has 0 N–H and O–H groups in total. The quantitative estimate of drug-likeness (QED) is 0.648. The molecule has 2 rings (SSSR count). The summed E-state index contributed by atoms with van der Waals surface area (Å²) in [5.74, 6) is 0. The number of nitrogens with zero attached hydrogens (tertiary/aromatic N) is 3. The van der Waals surface area contributed by atoms with Gasteiger partial charge >= 0.3 is 12.1 Å². The highest BCUT2D eigenvalue weighted by Crippen LogP contribution is 2.20. The lowest BCUT2D eigenvalue weighted by molar-refractivity contribution is 0.0128. The van der Waals surface area contributed by atoms with Crippen molar-refractivity contribution >= 4 is 12.1 Å². The van der Waals surface area contributed by atoms with Crippen LogP contribution in [0.4, 0.5) is 9.59 Å². The fourth-order valence-electron chi connectivity index (χ4n) is 2.37. The molecule has 0 bridgehead atoms. The number of ether oxygens (including phenoxy) is 1. The number of hydrogen-bond donors (Lipinski definition) is 0. The van der Waals surface area contributed by atoms with E-state index < -0.39 is 5.60 Å². The van der Waals surface area contributed by atoms with Gasteiger partial charge in [0.05, 0.1) is 6.04 Å². The highest BCUT2D eigenvalue weighted by Gasteiger charge is 2.40. The summed E-state index contributed by atoms with van der Waals surface area (Å²) in [5, 5.41) is 0. The van der Waals surface area contributed by atoms with E-state index in [0.717, 1.165) is 0 Å². The predicted octanol–water partition coefficient (Wildman–Crippen LogP) is 0.973. The van der Waals surface area contributed by atoms with Crippen LogP contribution in [0.15, 0.2) is 0 Å². The molecule has 0 aromatic rings. The van der Waals surface area contributed by atoms with Crippen LogP contribution < -0.4 is 0 Å². The van der Waals surface area contributed by atoms with Crippen LogP contribution in [-0.2, 0) is 4.74 Å². The first-order valence-corrected chi connectivity index (χ1v) is 6.27. The molecule has 2 aliphatic rings. The van der Waals surface area contributed by atoms with Gasteiger partial charge in [-0.05, 0) is 20.8 Å². The second kappa shape index (κ2) is 4.33. The van der Waals surface area contributed by atoms with Gasteiger partial charge in [-0.25, -0.2) is 9.59 Å². The van der Waals surface area contributed by atoms with Gasteiger partial charge in [0.1, 0.15) is 5.60 Å². The molecule has 0 aliphatic carbocycles. The molecule has 0 aromatic carbocycles. The van der Waals surface area contributed by atoms with E-state index in [1.54, 1.807) is 16.8 Å². The number of urea groups is 1. The van der Waals surface area contributed by atoms with Crippen molar-refractivity contribution < 1.29 is 14.3 Å². The molecule has 102 valence electrons. The Bertz CT molecular complexity index is 364. The van der Waals surface area contributed by atoms with Crippen LogP contribution in [0.25, 0.3) is 0 Å². The summed E-state index contributed by atoms with van der Waals surface area (Å²) in [5.41, 5.74) is -0.476. The van der Waals surface area contributed by atoms with E-state index in [1.165, 1.54) is 0 Å². The molecule has 0 radical (unpaired) electrons. The number of amides is 3. The van der Waals surface area contributed by atoms with Crippen molar-refractivity contribution in [1.82, 2.24) is 14.7 Å². The van der Waals surface area contributed by atoms with Crippen LogP contribution in [-0.4, -0.2) is 71.7 Å². The van der Waals surface area contributed by atoms with Gasteiger partial charge in [-0.15, -0.1) is 0 Å². The fraction of sp³-hybridized carbons (Fsp3) is 0.833. The van der Waals surface area contributed by atoms with Gasteiger partial charge in [0.25, 0.3) is 0 Å². The Morgan fingerprint density at radius 2 is 1.94 bits per heavy atom. The van der Waals surface area contributed by atoms with E-state index in [4.69, 9.17) is 4.74 Å². The third-order valence-corrected chi connectivity index (χ3v) is 3.19. The molecular formula is C12H21N3O3. The summed E-state index contributed by atoms with van der Waals surface area (Å²) in [6.07, 6.45) is -0.288. The molecular weight excluding hydrogens is 234 g/mol. The van der Waals surface area contributed by atoms with E-state index in [1.807, 2.05) is 25.7 Å². The third-order valence-electron chi connectivity index (χ3n) is 3.19. The fourth-order valence-corrected chi connectivity index (χ4v) is 2.37. The monoisotopic (exact) mass is 255 g/mol. The molecule has 1 unspecified atom stereocenters. The van der Waals surface area contributed by atoms with Crippen molar-refractivity contribution in [2.45, 2.75) is 32.4 Å². The number of rotatable bonds is 0. The smallest absolute Gasteiger partial charge is 0.410 e. The van der Waals surface area contributed by atoms with E-state index in [0.29, 0.717) is 26.2 Å². The van der Waals surface area contributed by atoms with E-state index in [9.17, 15) is 9.59 Å². The minimum atomic E-state index is -0.476. The Morgan fingerprint density at radius 1 is 1.28 bits per heavy atom. The van der Waals surface area contributed by atoms with Gasteiger partial charge in [-0.3, -0.25) is 0 Å². The van der Waals surface area contributed by atoms with E-state index >= 15 is 0 Å². The minimum Gasteiger partial charge on any atom is -0.444 e. The second-order valence-corrected chi connectivity index (χ2v) is 5.94. The zero-order chi connectivity index (χ0) is 13.5. The molecule has 2 fully saturated rings. The highest BCUT2D eigenvalue weighted by molar-refractivity contribution is 5.77. The van der Waals surface area contributed by atoms with Gasteiger partial charge in [0.15, 0.2) is 0 Å². The summed E-state index contributed by atoms with van der Waals surface area (Å²) in [6.45, 7) is 7.94. The van der Waals surface area contributed by atoms with Crippen LogP contribution in [0.5, 0.6) is 0 Å². The van der Waals surface area contributed by atoms with Crippen molar-refractivity contribution in [2.75, 3.05) is 33.2 Å². The Hall–Kier alpha value is -1.46. The average molecular weight is 255 g/mol. The van der Waals surface area contributed by atoms with Gasteiger partial charge in [-0.2, -0.15) is 0 Å². The molecule has 6 nitrogen and oxygen atoms in total. The Kier molecular flexibility index (Phi) is 3.12. The van der Waals surface area contributed by atoms with Crippen LogP contribution >= 0.6 is 0 Å². The number of fused-ring (bicyclic) bond motifs is 1. The molecule has 18 heavy (non-hydrogen) atoms. The van der Waals surface area contributed by atoms with Gasteiger partial charge in [-0.1, -0.05) is 0 Å². The summed E-state index contributed by atoms with van der Waals surface area (Å²) in [4.78, 5) is 28.9. The van der Waals surface area contributed by atoms with Gasteiger partial charge in [0.2, 0.25) is 0 Å². The van der Waals surface area contributed by atoms with Crippen molar-refractivity contribution in [3.63, 3.8) is 0 Å². The maximum atomic E-state index is 12.0. The molecule has 0 saturated carbocycles. The van der Waals surface area contributed by atoms with Gasteiger partial charge < -0.3 is 19.4 Å². The number of likely N-dealkylation sites (N-methyl/N-ethyl adjacent to an activating group) is 1. The molecule has 0 aromatic heterocycles. The average Bonchev–Trinajstić information content (AvgIpc) is 2.52. The summed E-state index contributed by atoms with van der Waals surface area (Å²) < 4.78 is 5.35. The van der Waals surface area contributed by atoms with Crippen LogP contribution in [0.3, 0.4) is 0 Å².